The lowest BCUT2D eigenvalue weighted by Crippen LogP contribution is -2.32. The van der Waals surface area contributed by atoms with E-state index in [0.717, 1.165) is 49.1 Å². The number of carbonyl (C=O) groups excluding carboxylic acids is 2. The number of primary amides is 1. The van der Waals surface area contributed by atoms with Crippen molar-refractivity contribution in [1.82, 2.24) is 19.4 Å². The summed E-state index contributed by atoms with van der Waals surface area (Å²) in [5.74, 6) is 1.57. The highest BCUT2D eigenvalue weighted by Crippen LogP contribution is 2.29. The van der Waals surface area contributed by atoms with Crippen LogP contribution in [0.3, 0.4) is 0 Å². The van der Waals surface area contributed by atoms with Gasteiger partial charge >= 0.3 is 6.03 Å². The van der Waals surface area contributed by atoms with Gasteiger partial charge in [0.2, 0.25) is 0 Å². The second kappa shape index (κ2) is 14.1. The Labute approximate surface area is 251 Å². The highest BCUT2D eigenvalue weighted by Gasteiger charge is 2.21. The van der Waals surface area contributed by atoms with Crippen LogP contribution in [-0.4, -0.2) is 70.8 Å². The normalized spacial score (nSPS) is 14.1. The fraction of sp³-hybridized carbons (Fsp3) is 0.375. The fourth-order valence-corrected chi connectivity index (χ4v) is 5.25. The van der Waals surface area contributed by atoms with Gasteiger partial charge in [-0.15, -0.1) is 0 Å². The number of amides is 2. The molecule has 1 fully saturated rings. The van der Waals surface area contributed by atoms with E-state index in [-0.39, 0.29) is 12.5 Å². The Balaban J connectivity index is 1.23. The van der Waals surface area contributed by atoms with Crippen LogP contribution in [-0.2, 0) is 11.3 Å². The van der Waals surface area contributed by atoms with Crippen LogP contribution < -0.4 is 20.5 Å². The number of anilines is 1. The number of likely N-dealkylation sites (tertiary alicyclic amines) is 1. The Morgan fingerprint density at radius 2 is 1.86 bits per heavy atom. The molecular formula is C32H38N6O5. The highest BCUT2D eigenvalue weighted by molar-refractivity contribution is 6.03. The molecule has 0 atom stereocenters. The molecule has 1 aromatic carbocycles. The number of piperidine rings is 1. The number of nitrogens with two attached hydrogens (primary N) is 1. The van der Waals surface area contributed by atoms with E-state index in [9.17, 15) is 9.59 Å². The van der Waals surface area contributed by atoms with Crippen LogP contribution >= 0.6 is 0 Å². The van der Waals surface area contributed by atoms with Gasteiger partial charge in [0.05, 0.1) is 17.7 Å². The van der Waals surface area contributed by atoms with Gasteiger partial charge in [-0.1, -0.05) is 6.92 Å². The van der Waals surface area contributed by atoms with E-state index in [2.05, 4.69) is 27.1 Å². The molecule has 0 radical (unpaired) electrons. The van der Waals surface area contributed by atoms with Crippen LogP contribution in [0.1, 0.15) is 54.2 Å². The second-order valence-electron chi connectivity index (χ2n) is 10.4. The van der Waals surface area contributed by atoms with Crippen molar-refractivity contribution in [2.75, 3.05) is 44.8 Å². The van der Waals surface area contributed by atoms with E-state index < -0.39 is 6.03 Å². The lowest BCUT2D eigenvalue weighted by Gasteiger charge is -2.30. The SMILES string of the molecule is CCOCCOc1cc2c(ccn2C(N)=O)cc1COc1ccnc(NC(=O)c2ccc(C3CCN(CC)CC3)nc2)c1. The predicted molar refractivity (Wildman–Crippen MR) is 164 cm³/mol. The van der Waals surface area contributed by atoms with Crippen molar-refractivity contribution in [2.45, 2.75) is 39.2 Å². The molecule has 0 bridgehead atoms. The molecule has 0 unspecified atom stereocenters. The first-order valence-electron chi connectivity index (χ1n) is 14.7. The summed E-state index contributed by atoms with van der Waals surface area (Å²) < 4.78 is 18.8. The Kier molecular flexibility index (Phi) is 9.85. The van der Waals surface area contributed by atoms with Crippen molar-refractivity contribution >= 4 is 28.7 Å². The van der Waals surface area contributed by atoms with Crippen LogP contribution in [0.15, 0.2) is 61.1 Å². The minimum absolute atomic E-state index is 0.182. The first-order chi connectivity index (χ1) is 20.9. The second-order valence-corrected chi connectivity index (χ2v) is 10.4. The van der Waals surface area contributed by atoms with Gasteiger partial charge in [0, 0.05) is 59.9 Å². The summed E-state index contributed by atoms with van der Waals surface area (Å²) in [6, 6.07) is 12.1. The Bertz CT molecular complexity index is 1550. The average Bonchev–Trinajstić information content (AvgIpc) is 3.45. The molecule has 226 valence electrons. The number of aromatic nitrogens is 3. The summed E-state index contributed by atoms with van der Waals surface area (Å²) in [5, 5.41) is 3.66. The van der Waals surface area contributed by atoms with Gasteiger partial charge in [-0.2, -0.15) is 0 Å². The number of pyridine rings is 2. The molecule has 1 aliphatic rings. The van der Waals surface area contributed by atoms with Crippen LogP contribution in [0.25, 0.3) is 10.9 Å². The van der Waals surface area contributed by atoms with Gasteiger partial charge < -0.3 is 30.2 Å². The third kappa shape index (κ3) is 7.49. The molecule has 0 saturated carbocycles. The lowest BCUT2D eigenvalue weighted by molar-refractivity contribution is 0.102. The maximum Gasteiger partial charge on any atom is 0.323 e. The topological polar surface area (TPSA) is 134 Å². The maximum absolute atomic E-state index is 12.9. The first-order valence-corrected chi connectivity index (χ1v) is 14.7. The van der Waals surface area contributed by atoms with Gasteiger partial charge in [-0.25, -0.2) is 9.78 Å². The molecule has 3 N–H and O–H groups in total. The molecule has 2 amide bonds. The zero-order valence-electron chi connectivity index (χ0n) is 24.6. The molecule has 4 heterocycles. The van der Waals surface area contributed by atoms with Gasteiger partial charge in [-0.3, -0.25) is 14.3 Å². The van der Waals surface area contributed by atoms with E-state index in [0.29, 0.717) is 54.1 Å². The third-order valence-electron chi connectivity index (χ3n) is 7.67. The molecule has 5 rings (SSSR count). The van der Waals surface area contributed by atoms with Gasteiger partial charge in [0.1, 0.15) is 30.5 Å². The maximum atomic E-state index is 12.9. The number of benzene rings is 1. The third-order valence-corrected chi connectivity index (χ3v) is 7.67. The number of hydrogen-bond donors (Lipinski definition) is 2. The molecule has 11 heteroatoms. The van der Waals surface area contributed by atoms with Crippen molar-refractivity contribution < 1.29 is 23.8 Å². The number of ether oxygens (including phenoxy) is 3. The molecular weight excluding hydrogens is 548 g/mol. The van der Waals surface area contributed by atoms with Crippen LogP contribution in [0, 0.1) is 0 Å². The summed E-state index contributed by atoms with van der Waals surface area (Å²) in [4.78, 5) is 36.1. The molecule has 0 aliphatic carbocycles. The highest BCUT2D eigenvalue weighted by atomic mass is 16.5. The summed E-state index contributed by atoms with van der Waals surface area (Å²) >= 11 is 0. The molecule has 0 spiro atoms. The molecule has 1 aliphatic heterocycles. The Morgan fingerprint density at radius 1 is 1.02 bits per heavy atom. The minimum atomic E-state index is -0.579. The predicted octanol–water partition coefficient (Wildman–Crippen LogP) is 4.80. The zero-order valence-corrected chi connectivity index (χ0v) is 24.6. The van der Waals surface area contributed by atoms with Crippen molar-refractivity contribution in [3.8, 4) is 11.5 Å². The quantitative estimate of drug-likeness (QED) is 0.226. The van der Waals surface area contributed by atoms with Crippen molar-refractivity contribution in [1.29, 1.82) is 0 Å². The number of nitrogens with one attached hydrogen (secondary N) is 1. The van der Waals surface area contributed by atoms with Gasteiger partial charge in [-0.05, 0) is 69.7 Å². The molecule has 4 aromatic rings. The van der Waals surface area contributed by atoms with E-state index in [1.165, 1.54) is 4.57 Å². The van der Waals surface area contributed by atoms with Crippen molar-refractivity contribution in [2.24, 2.45) is 5.73 Å². The lowest BCUT2D eigenvalue weighted by atomic mass is 9.93. The van der Waals surface area contributed by atoms with Gasteiger partial charge in [0.15, 0.2) is 0 Å². The summed E-state index contributed by atoms with van der Waals surface area (Å²) in [5.41, 5.74) is 8.43. The van der Waals surface area contributed by atoms with Crippen molar-refractivity contribution in [3.63, 3.8) is 0 Å². The Morgan fingerprint density at radius 3 is 2.58 bits per heavy atom. The number of carbonyl (C=O) groups is 2. The van der Waals surface area contributed by atoms with Crippen LogP contribution in [0.2, 0.25) is 0 Å². The monoisotopic (exact) mass is 586 g/mol. The van der Waals surface area contributed by atoms with E-state index in [1.54, 1.807) is 36.8 Å². The molecule has 43 heavy (non-hydrogen) atoms. The standard InChI is InChI=1S/C32H38N6O5/c1-3-37-12-8-22(9-13-37)27-6-5-24(20-35-27)31(39)36-30-18-26(7-11-34-30)43-21-25-17-23-10-14-38(32(33)40)28(23)19-29(25)42-16-15-41-4-2/h5-7,10-11,14,17-20,22H,3-4,8-9,12-13,15-16,21H2,1-2H3,(H2,33,40)(H,34,36,39). The van der Waals surface area contributed by atoms with E-state index >= 15 is 0 Å². The van der Waals surface area contributed by atoms with Crippen molar-refractivity contribution in [3.05, 3.63) is 77.9 Å². The number of fused-ring (bicyclic) bond motifs is 1. The number of nitrogens with zero attached hydrogens (tertiary/aromatic N) is 4. The van der Waals surface area contributed by atoms with Gasteiger partial charge in [0.25, 0.3) is 5.91 Å². The minimum Gasteiger partial charge on any atom is -0.491 e. The fourth-order valence-electron chi connectivity index (χ4n) is 5.25. The molecule has 11 nitrogen and oxygen atoms in total. The first kappa shape index (κ1) is 30.0. The Hall–Kier alpha value is -4.48. The van der Waals surface area contributed by atoms with E-state index in [1.807, 2.05) is 31.2 Å². The van der Waals surface area contributed by atoms with E-state index in [4.69, 9.17) is 19.9 Å². The molecule has 1 saturated heterocycles. The smallest absolute Gasteiger partial charge is 0.323 e. The zero-order chi connectivity index (χ0) is 30.2. The average molecular weight is 587 g/mol. The van der Waals surface area contributed by atoms with Crippen LogP contribution in [0.5, 0.6) is 11.5 Å². The molecule has 3 aromatic heterocycles. The number of hydrogen-bond acceptors (Lipinski definition) is 8. The summed E-state index contributed by atoms with van der Waals surface area (Å²) in [6.45, 7) is 8.87. The summed E-state index contributed by atoms with van der Waals surface area (Å²) in [7, 11) is 0. The van der Waals surface area contributed by atoms with Crippen LogP contribution in [0.4, 0.5) is 10.6 Å². The number of rotatable bonds is 12. The largest absolute Gasteiger partial charge is 0.491 e. The summed E-state index contributed by atoms with van der Waals surface area (Å²) in [6.07, 6.45) is 6.99.